The van der Waals surface area contributed by atoms with Gasteiger partial charge in [-0.2, -0.15) is 4.31 Å². The highest BCUT2D eigenvalue weighted by Gasteiger charge is 2.24. The minimum absolute atomic E-state index is 0.114. The summed E-state index contributed by atoms with van der Waals surface area (Å²) in [5.74, 6) is 0.313. The van der Waals surface area contributed by atoms with Crippen molar-refractivity contribution >= 4 is 15.9 Å². The second kappa shape index (κ2) is 9.35. The molecule has 140 valence electrons. The third-order valence-corrected chi connectivity index (χ3v) is 5.26. The van der Waals surface area contributed by atoms with E-state index in [9.17, 15) is 13.2 Å². The number of amides is 1. The second-order valence-electron chi connectivity index (χ2n) is 5.91. The van der Waals surface area contributed by atoms with Crippen molar-refractivity contribution in [2.75, 3.05) is 26.0 Å². The van der Waals surface area contributed by atoms with Gasteiger partial charge in [0.25, 0.3) is 5.91 Å². The molecule has 0 aliphatic rings. The van der Waals surface area contributed by atoms with Crippen LogP contribution in [0.25, 0.3) is 0 Å². The number of hydrogen-bond acceptors (Lipinski definition) is 4. The number of para-hydroxylation sites is 1. The van der Waals surface area contributed by atoms with E-state index in [1.54, 1.807) is 12.1 Å². The quantitative estimate of drug-likeness (QED) is 0.728. The van der Waals surface area contributed by atoms with Crippen molar-refractivity contribution in [1.82, 2.24) is 9.62 Å². The monoisotopic (exact) mass is 376 g/mol. The molecular formula is C19H24N2O4S. The van der Waals surface area contributed by atoms with Gasteiger partial charge in [-0.15, -0.1) is 0 Å². The van der Waals surface area contributed by atoms with E-state index in [1.165, 1.54) is 10.6 Å². The molecule has 0 saturated heterocycles. The molecular weight excluding hydrogens is 352 g/mol. The van der Waals surface area contributed by atoms with Crippen molar-refractivity contribution < 1.29 is 17.9 Å². The molecule has 0 aromatic heterocycles. The number of nitrogens with one attached hydrogen (secondary N) is 1. The van der Waals surface area contributed by atoms with Crippen LogP contribution in [0.2, 0.25) is 0 Å². The Hall–Kier alpha value is -2.38. The van der Waals surface area contributed by atoms with Crippen LogP contribution in [0.5, 0.6) is 5.75 Å². The van der Waals surface area contributed by atoms with E-state index < -0.39 is 10.0 Å². The van der Waals surface area contributed by atoms with E-state index in [0.29, 0.717) is 5.75 Å². The minimum Gasteiger partial charge on any atom is -0.484 e. The maximum atomic E-state index is 12.1. The Kier molecular flexibility index (Phi) is 7.17. The Morgan fingerprint density at radius 3 is 2.23 bits per heavy atom. The number of rotatable bonds is 9. The highest BCUT2D eigenvalue weighted by Crippen LogP contribution is 2.21. The molecule has 2 aromatic carbocycles. The lowest BCUT2D eigenvalue weighted by Crippen LogP contribution is -2.40. The van der Waals surface area contributed by atoms with Gasteiger partial charge in [-0.3, -0.25) is 4.79 Å². The van der Waals surface area contributed by atoms with Gasteiger partial charge in [0.05, 0.1) is 6.26 Å². The van der Waals surface area contributed by atoms with Crippen LogP contribution in [-0.2, 0) is 14.8 Å². The molecule has 0 saturated carbocycles. The van der Waals surface area contributed by atoms with Gasteiger partial charge in [-0.1, -0.05) is 48.5 Å². The Morgan fingerprint density at radius 2 is 1.65 bits per heavy atom. The third kappa shape index (κ3) is 6.16. The molecule has 2 rings (SSSR count). The molecule has 2 aromatic rings. The average Bonchev–Trinajstić information content (AvgIpc) is 2.63. The van der Waals surface area contributed by atoms with Crippen LogP contribution in [0.4, 0.5) is 0 Å². The first-order chi connectivity index (χ1) is 12.4. The van der Waals surface area contributed by atoms with E-state index in [4.69, 9.17) is 4.74 Å². The number of ether oxygens (including phenoxy) is 1. The van der Waals surface area contributed by atoms with Crippen molar-refractivity contribution in [3.8, 4) is 5.75 Å². The number of nitrogens with zero attached hydrogens (tertiary/aromatic N) is 1. The Morgan fingerprint density at radius 1 is 1.08 bits per heavy atom. The van der Waals surface area contributed by atoms with Crippen LogP contribution in [-0.4, -0.2) is 44.6 Å². The summed E-state index contributed by atoms with van der Waals surface area (Å²) in [5.41, 5.74) is 0.900. The number of benzene rings is 2. The molecule has 0 heterocycles. The van der Waals surface area contributed by atoms with Gasteiger partial charge in [-0.25, -0.2) is 8.42 Å². The molecule has 0 radical (unpaired) electrons. The van der Waals surface area contributed by atoms with Crippen LogP contribution in [0.1, 0.15) is 18.5 Å². The summed E-state index contributed by atoms with van der Waals surface area (Å²) in [5, 5.41) is 2.69. The first-order valence-electron chi connectivity index (χ1n) is 8.34. The molecule has 1 unspecified atom stereocenters. The van der Waals surface area contributed by atoms with Crippen molar-refractivity contribution in [1.29, 1.82) is 0 Å². The number of carbonyl (C=O) groups excluding carboxylic acids is 1. The predicted octanol–water partition coefficient (Wildman–Crippen LogP) is 2.20. The summed E-state index contributed by atoms with van der Waals surface area (Å²) in [7, 11) is -3.41. The van der Waals surface area contributed by atoms with Gasteiger partial charge in [0, 0.05) is 19.1 Å². The van der Waals surface area contributed by atoms with Crippen molar-refractivity contribution in [3.05, 3.63) is 66.2 Å². The molecule has 0 aliphatic heterocycles. The number of sulfonamides is 1. The molecule has 0 aliphatic carbocycles. The summed E-state index contributed by atoms with van der Waals surface area (Å²) in [6.45, 7) is 2.11. The predicted molar refractivity (Wildman–Crippen MR) is 101 cm³/mol. The third-order valence-electron chi connectivity index (χ3n) is 3.91. The van der Waals surface area contributed by atoms with Crippen LogP contribution in [0, 0.1) is 0 Å². The van der Waals surface area contributed by atoms with Crippen LogP contribution >= 0.6 is 0 Å². The zero-order chi connectivity index (χ0) is 19.0. The fourth-order valence-electron chi connectivity index (χ4n) is 2.57. The molecule has 1 amide bonds. The van der Waals surface area contributed by atoms with Crippen LogP contribution < -0.4 is 10.1 Å². The topological polar surface area (TPSA) is 75.7 Å². The first kappa shape index (κ1) is 19.9. The Bertz CT molecular complexity index is 795. The highest BCUT2D eigenvalue weighted by molar-refractivity contribution is 7.88. The normalized spacial score (nSPS) is 12.6. The van der Waals surface area contributed by atoms with Gasteiger partial charge in [0.2, 0.25) is 10.0 Å². The van der Waals surface area contributed by atoms with Crippen molar-refractivity contribution in [3.63, 3.8) is 0 Å². The van der Waals surface area contributed by atoms with Gasteiger partial charge in [0.1, 0.15) is 5.75 Å². The lowest BCUT2D eigenvalue weighted by atomic mass is 10.1. The molecule has 26 heavy (non-hydrogen) atoms. The summed E-state index contributed by atoms with van der Waals surface area (Å²) in [4.78, 5) is 11.9. The lowest BCUT2D eigenvalue weighted by Gasteiger charge is -2.27. The van der Waals surface area contributed by atoms with Crippen molar-refractivity contribution in [2.24, 2.45) is 0 Å². The Balaban J connectivity index is 1.86. The van der Waals surface area contributed by atoms with Gasteiger partial charge in [-0.05, 0) is 24.6 Å². The molecule has 7 heteroatoms. The fourth-order valence-corrected chi connectivity index (χ4v) is 3.69. The van der Waals surface area contributed by atoms with E-state index in [2.05, 4.69) is 5.32 Å². The summed E-state index contributed by atoms with van der Waals surface area (Å²) < 4.78 is 31.0. The van der Waals surface area contributed by atoms with Gasteiger partial charge in [0.15, 0.2) is 6.61 Å². The molecule has 6 nitrogen and oxygen atoms in total. The van der Waals surface area contributed by atoms with Gasteiger partial charge >= 0.3 is 0 Å². The second-order valence-corrected chi connectivity index (χ2v) is 7.85. The molecule has 1 N–H and O–H groups in total. The van der Waals surface area contributed by atoms with Crippen LogP contribution in [0.3, 0.4) is 0 Å². The first-order valence-corrected chi connectivity index (χ1v) is 10.2. The van der Waals surface area contributed by atoms with E-state index in [0.717, 1.165) is 5.56 Å². The van der Waals surface area contributed by atoms with E-state index in [-0.39, 0.29) is 31.6 Å². The fraction of sp³-hybridized carbons (Fsp3) is 0.316. The Labute approximate surface area is 154 Å². The summed E-state index contributed by atoms with van der Waals surface area (Å²) in [6.07, 6.45) is 1.17. The largest absolute Gasteiger partial charge is 0.484 e. The van der Waals surface area contributed by atoms with Gasteiger partial charge < -0.3 is 10.1 Å². The van der Waals surface area contributed by atoms with E-state index in [1.807, 2.05) is 55.5 Å². The number of hydrogen-bond donors (Lipinski definition) is 1. The average molecular weight is 376 g/mol. The van der Waals surface area contributed by atoms with E-state index >= 15 is 0 Å². The summed E-state index contributed by atoms with van der Waals surface area (Å²) >= 11 is 0. The maximum Gasteiger partial charge on any atom is 0.257 e. The molecule has 0 bridgehead atoms. The molecule has 0 spiro atoms. The molecule has 1 atom stereocenters. The van der Waals surface area contributed by atoms with Crippen molar-refractivity contribution in [2.45, 2.75) is 13.0 Å². The molecule has 0 fully saturated rings. The minimum atomic E-state index is -3.41. The number of carbonyl (C=O) groups is 1. The zero-order valence-electron chi connectivity index (χ0n) is 15.0. The standard InChI is InChI=1S/C19H24N2O4S/c1-16(17-9-5-3-6-10-17)21(26(2,23)24)14-13-20-19(22)15-25-18-11-7-4-8-12-18/h3-12,16H,13-15H2,1-2H3,(H,20,22). The highest BCUT2D eigenvalue weighted by atomic mass is 32.2. The maximum absolute atomic E-state index is 12.1. The zero-order valence-corrected chi connectivity index (χ0v) is 15.8. The smallest absolute Gasteiger partial charge is 0.257 e. The van der Waals surface area contributed by atoms with Crippen LogP contribution in [0.15, 0.2) is 60.7 Å². The SMILES string of the molecule is CC(c1ccccc1)N(CCNC(=O)COc1ccccc1)S(C)(=O)=O. The summed E-state index contributed by atoms with van der Waals surface area (Å²) in [6, 6.07) is 18.1. The lowest BCUT2D eigenvalue weighted by molar-refractivity contribution is -0.123.